The highest BCUT2D eigenvalue weighted by Gasteiger charge is 2.09. The Morgan fingerprint density at radius 3 is 2.41 bits per heavy atom. The monoisotopic (exact) mass is 248 g/mol. The largest absolute Gasteiger partial charge is 0.269 e. The molecule has 0 spiro atoms. The summed E-state index contributed by atoms with van der Waals surface area (Å²) in [5.41, 5.74) is 1.03. The maximum Gasteiger partial charge on any atom is 0.269 e. The van der Waals surface area contributed by atoms with E-state index >= 15 is 0 Å². The minimum Gasteiger partial charge on any atom is -0.258 e. The van der Waals surface area contributed by atoms with Gasteiger partial charge in [-0.25, -0.2) is 4.98 Å². The van der Waals surface area contributed by atoms with Gasteiger partial charge in [0.25, 0.3) is 5.69 Å². The number of nitro groups is 1. The lowest BCUT2D eigenvalue weighted by molar-refractivity contribution is -0.384. The predicted molar refractivity (Wildman–Crippen MR) is 68.3 cm³/mol. The van der Waals surface area contributed by atoms with E-state index in [0.29, 0.717) is 5.92 Å². The lowest BCUT2D eigenvalue weighted by Crippen LogP contribution is -1.86. The first kappa shape index (κ1) is 11.7. The molecule has 1 aromatic carbocycles. The molecule has 17 heavy (non-hydrogen) atoms. The summed E-state index contributed by atoms with van der Waals surface area (Å²) < 4.78 is 0. The van der Waals surface area contributed by atoms with Gasteiger partial charge in [-0.2, -0.15) is 0 Å². The van der Waals surface area contributed by atoms with Crippen molar-refractivity contribution in [1.29, 1.82) is 0 Å². The van der Waals surface area contributed by atoms with Crippen LogP contribution in [-0.2, 0) is 0 Å². The van der Waals surface area contributed by atoms with E-state index in [1.165, 1.54) is 17.0 Å². The predicted octanol–water partition coefficient (Wildman–Crippen LogP) is 3.84. The zero-order valence-electron chi connectivity index (χ0n) is 9.58. The Balaban J connectivity index is 2.30. The van der Waals surface area contributed by atoms with Gasteiger partial charge in [-0.15, -0.1) is 11.3 Å². The highest BCUT2D eigenvalue weighted by Crippen LogP contribution is 2.30. The highest BCUT2D eigenvalue weighted by atomic mass is 32.1. The topological polar surface area (TPSA) is 56.0 Å². The van der Waals surface area contributed by atoms with Crippen LogP contribution in [0.3, 0.4) is 0 Å². The minimum atomic E-state index is -0.398. The SMILES string of the molecule is CC(C)c1cnc(-c2ccc([N+](=O)[O-])cc2)s1. The molecule has 2 aromatic rings. The van der Waals surface area contributed by atoms with Gasteiger partial charge in [-0.3, -0.25) is 10.1 Å². The third kappa shape index (κ3) is 2.50. The molecule has 1 heterocycles. The van der Waals surface area contributed by atoms with Crippen molar-refractivity contribution < 1.29 is 4.92 Å². The number of thiazole rings is 1. The molecule has 1 aromatic heterocycles. The molecular weight excluding hydrogens is 236 g/mol. The molecule has 0 N–H and O–H groups in total. The quantitative estimate of drug-likeness (QED) is 0.612. The van der Waals surface area contributed by atoms with Crippen LogP contribution in [0.1, 0.15) is 24.6 Å². The van der Waals surface area contributed by atoms with E-state index in [-0.39, 0.29) is 5.69 Å². The molecule has 0 unspecified atom stereocenters. The number of nitro benzene ring substituents is 1. The Bertz CT molecular complexity index is 532. The van der Waals surface area contributed by atoms with Crippen molar-refractivity contribution in [3.05, 3.63) is 45.5 Å². The Morgan fingerprint density at radius 2 is 1.94 bits per heavy atom. The van der Waals surface area contributed by atoms with Gasteiger partial charge in [0.2, 0.25) is 0 Å². The molecule has 0 aliphatic rings. The molecule has 0 aliphatic carbocycles. The molecule has 0 saturated heterocycles. The van der Waals surface area contributed by atoms with Crippen LogP contribution in [0.25, 0.3) is 10.6 Å². The number of hydrogen-bond donors (Lipinski definition) is 0. The van der Waals surface area contributed by atoms with E-state index in [9.17, 15) is 10.1 Å². The zero-order chi connectivity index (χ0) is 12.4. The maximum atomic E-state index is 10.5. The summed E-state index contributed by atoms with van der Waals surface area (Å²) in [6, 6.07) is 6.49. The summed E-state index contributed by atoms with van der Waals surface area (Å²) in [5, 5.41) is 11.4. The molecule has 0 amide bonds. The number of benzene rings is 1. The van der Waals surface area contributed by atoms with Gasteiger partial charge in [0, 0.05) is 28.8 Å². The van der Waals surface area contributed by atoms with Crippen molar-refractivity contribution in [3.8, 4) is 10.6 Å². The fraction of sp³-hybridized carbons (Fsp3) is 0.250. The van der Waals surface area contributed by atoms with E-state index in [0.717, 1.165) is 10.6 Å². The highest BCUT2D eigenvalue weighted by molar-refractivity contribution is 7.15. The second-order valence-corrected chi connectivity index (χ2v) is 5.09. The number of rotatable bonds is 3. The van der Waals surface area contributed by atoms with Crippen molar-refractivity contribution in [1.82, 2.24) is 4.98 Å². The number of hydrogen-bond acceptors (Lipinski definition) is 4. The Kier molecular flexibility index (Phi) is 3.19. The summed E-state index contributed by atoms with van der Waals surface area (Å²) in [5.74, 6) is 0.458. The summed E-state index contributed by atoms with van der Waals surface area (Å²) >= 11 is 1.63. The molecule has 0 aliphatic heterocycles. The van der Waals surface area contributed by atoms with Gasteiger partial charge in [-0.05, 0) is 18.1 Å². The summed E-state index contributed by atoms with van der Waals surface area (Å²) in [6.07, 6.45) is 1.87. The number of nitrogens with zero attached hydrogens (tertiary/aromatic N) is 2. The number of non-ortho nitro benzene ring substituents is 1. The molecule has 4 nitrogen and oxygen atoms in total. The molecule has 0 atom stereocenters. The fourth-order valence-electron chi connectivity index (χ4n) is 1.41. The van der Waals surface area contributed by atoms with Crippen molar-refractivity contribution in [2.45, 2.75) is 19.8 Å². The molecular formula is C12H12N2O2S. The third-order valence-corrected chi connectivity index (χ3v) is 3.76. The molecule has 0 bridgehead atoms. The van der Waals surface area contributed by atoms with Gasteiger partial charge in [0.05, 0.1) is 4.92 Å². The van der Waals surface area contributed by atoms with Crippen LogP contribution in [-0.4, -0.2) is 9.91 Å². The molecule has 0 radical (unpaired) electrons. The first-order chi connectivity index (χ1) is 8.08. The normalized spacial score (nSPS) is 10.8. The number of aromatic nitrogens is 1. The Hall–Kier alpha value is -1.75. The Labute approximate surface area is 103 Å². The second kappa shape index (κ2) is 4.63. The van der Waals surface area contributed by atoms with Crippen molar-refractivity contribution in [3.63, 3.8) is 0 Å². The standard InChI is InChI=1S/C12H12N2O2S/c1-8(2)11-7-13-12(17-11)9-3-5-10(6-4-9)14(15)16/h3-8H,1-2H3. The van der Waals surface area contributed by atoms with Crippen LogP contribution >= 0.6 is 11.3 Å². The average Bonchev–Trinajstić information content (AvgIpc) is 2.78. The van der Waals surface area contributed by atoms with E-state index in [1.54, 1.807) is 23.5 Å². The molecule has 0 saturated carbocycles. The van der Waals surface area contributed by atoms with Gasteiger partial charge in [0.15, 0.2) is 0 Å². The first-order valence-corrected chi connectivity index (χ1v) is 6.10. The summed E-state index contributed by atoms with van der Waals surface area (Å²) in [4.78, 5) is 15.7. The van der Waals surface area contributed by atoms with Crippen LogP contribution in [0.4, 0.5) is 5.69 Å². The lowest BCUT2D eigenvalue weighted by Gasteiger charge is -1.97. The fourth-order valence-corrected chi connectivity index (χ4v) is 2.34. The van der Waals surface area contributed by atoms with E-state index in [4.69, 9.17) is 0 Å². The van der Waals surface area contributed by atoms with Crippen LogP contribution in [0.2, 0.25) is 0 Å². The second-order valence-electron chi connectivity index (χ2n) is 4.03. The molecule has 2 rings (SSSR count). The van der Waals surface area contributed by atoms with Crippen molar-refractivity contribution in [2.75, 3.05) is 0 Å². The summed E-state index contributed by atoms with van der Waals surface area (Å²) in [6.45, 7) is 4.24. The lowest BCUT2D eigenvalue weighted by atomic mass is 10.2. The molecule has 0 fully saturated rings. The zero-order valence-corrected chi connectivity index (χ0v) is 10.4. The van der Waals surface area contributed by atoms with E-state index < -0.39 is 4.92 Å². The average molecular weight is 248 g/mol. The Morgan fingerprint density at radius 1 is 1.29 bits per heavy atom. The third-order valence-electron chi connectivity index (χ3n) is 2.42. The smallest absolute Gasteiger partial charge is 0.258 e. The van der Waals surface area contributed by atoms with E-state index in [1.807, 2.05) is 6.20 Å². The van der Waals surface area contributed by atoms with Crippen LogP contribution in [0.5, 0.6) is 0 Å². The summed E-state index contributed by atoms with van der Waals surface area (Å²) in [7, 11) is 0. The van der Waals surface area contributed by atoms with Crippen LogP contribution in [0, 0.1) is 10.1 Å². The van der Waals surface area contributed by atoms with E-state index in [2.05, 4.69) is 18.8 Å². The van der Waals surface area contributed by atoms with Crippen LogP contribution < -0.4 is 0 Å². The van der Waals surface area contributed by atoms with Crippen molar-refractivity contribution in [2.24, 2.45) is 0 Å². The minimum absolute atomic E-state index is 0.106. The molecule has 88 valence electrons. The van der Waals surface area contributed by atoms with Gasteiger partial charge < -0.3 is 0 Å². The van der Waals surface area contributed by atoms with Crippen molar-refractivity contribution >= 4 is 17.0 Å². The maximum absolute atomic E-state index is 10.5. The van der Waals surface area contributed by atoms with Gasteiger partial charge in [-0.1, -0.05) is 13.8 Å². The van der Waals surface area contributed by atoms with Gasteiger partial charge >= 0.3 is 0 Å². The van der Waals surface area contributed by atoms with Crippen LogP contribution in [0.15, 0.2) is 30.5 Å². The first-order valence-electron chi connectivity index (χ1n) is 5.28. The molecule has 5 heteroatoms. The van der Waals surface area contributed by atoms with Gasteiger partial charge in [0.1, 0.15) is 5.01 Å².